The second kappa shape index (κ2) is 8.85. The van der Waals surface area contributed by atoms with Crippen LogP contribution in [-0.4, -0.2) is 25.7 Å². The fourth-order valence-corrected chi connectivity index (χ4v) is 3.23. The van der Waals surface area contributed by atoms with Gasteiger partial charge in [-0.3, -0.25) is 4.79 Å². The third kappa shape index (κ3) is 4.53. The van der Waals surface area contributed by atoms with Crippen molar-refractivity contribution in [1.29, 1.82) is 10.5 Å². The molecule has 3 rings (SSSR count). The quantitative estimate of drug-likeness (QED) is 0.614. The summed E-state index contributed by atoms with van der Waals surface area (Å²) in [5.41, 5.74) is 1.18. The highest BCUT2D eigenvalue weighted by atomic mass is 79.9. The van der Waals surface area contributed by atoms with Gasteiger partial charge in [-0.1, -0.05) is 29.8 Å². The zero-order chi connectivity index (χ0) is 21.8. The monoisotopic (exact) mass is 463 g/mol. The topological polar surface area (TPSA) is 120 Å². The van der Waals surface area contributed by atoms with Gasteiger partial charge in [-0.05, 0) is 37.3 Å². The molecule has 0 saturated carbocycles. The van der Waals surface area contributed by atoms with E-state index in [1.54, 1.807) is 35.9 Å². The predicted molar refractivity (Wildman–Crippen MR) is 113 cm³/mol. The third-order valence-electron chi connectivity index (χ3n) is 4.28. The number of nitriles is 2. The van der Waals surface area contributed by atoms with Gasteiger partial charge in [0.1, 0.15) is 6.07 Å². The zero-order valence-corrected chi connectivity index (χ0v) is 18.2. The number of carbonyl (C=O) groups excluding carboxylic acids is 1. The van der Waals surface area contributed by atoms with Gasteiger partial charge in [0.05, 0.1) is 23.2 Å². The minimum atomic E-state index is -0.487. The molecule has 0 aliphatic heterocycles. The van der Waals surface area contributed by atoms with Gasteiger partial charge < -0.3 is 5.32 Å². The summed E-state index contributed by atoms with van der Waals surface area (Å²) in [6.45, 7) is 5.75. The molecule has 2 heterocycles. The second-order valence-electron chi connectivity index (χ2n) is 6.95. The molecule has 0 aliphatic rings. The molecule has 2 aromatic heterocycles. The molecule has 1 atom stereocenters. The molecule has 8 nitrogen and oxygen atoms in total. The van der Waals surface area contributed by atoms with E-state index < -0.39 is 6.04 Å². The number of halogens is 1. The van der Waals surface area contributed by atoms with E-state index in [-0.39, 0.29) is 11.8 Å². The molecule has 0 unspecified atom stereocenters. The number of benzene rings is 1. The van der Waals surface area contributed by atoms with Crippen LogP contribution in [0.25, 0.3) is 5.82 Å². The summed E-state index contributed by atoms with van der Waals surface area (Å²) in [5.74, 6) is 1.37. The lowest BCUT2D eigenvalue weighted by atomic mass is 10.1. The first kappa shape index (κ1) is 21.2. The Labute approximate surface area is 182 Å². The number of rotatable bonds is 5. The van der Waals surface area contributed by atoms with Gasteiger partial charge in [-0.15, -0.1) is 5.10 Å². The van der Waals surface area contributed by atoms with Crippen LogP contribution in [-0.2, 0) is 0 Å². The average molecular weight is 464 g/mol. The number of aromatic nitrogens is 4. The van der Waals surface area contributed by atoms with E-state index in [0.29, 0.717) is 38.6 Å². The van der Waals surface area contributed by atoms with Crippen molar-refractivity contribution >= 4 is 21.8 Å². The van der Waals surface area contributed by atoms with Crippen LogP contribution in [0.2, 0.25) is 0 Å². The Hall–Kier alpha value is -3.56. The Bertz CT molecular complexity index is 1170. The Balaban J connectivity index is 1.94. The molecule has 150 valence electrons. The number of amides is 1. The molecular weight excluding hydrogens is 446 g/mol. The Morgan fingerprint density at radius 1 is 1.13 bits per heavy atom. The second-order valence-corrected chi connectivity index (χ2v) is 7.86. The number of carbonyl (C=O) groups is 1. The molecule has 30 heavy (non-hydrogen) atoms. The van der Waals surface area contributed by atoms with Crippen LogP contribution >= 0.6 is 15.9 Å². The highest BCUT2D eigenvalue weighted by molar-refractivity contribution is 9.10. The largest absolute Gasteiger partial charge is 0.342 e. The molecule has 0 aliphatic carbocycles. The minimum Gasteiger partial charge on any atom is -0.342 e. The molecule has 1 amide bonds. The van der Waals surface area contributed by atoms with Crippen molar-refractivity contribution in [3.63, 3.8) is 0 Å². The minimum absolute atomic E-state index is 0.0783. The summed E-state index contributed by atoms with van der Waals surface area (Å²) in [6.07, 6.45) is 1.46. The van der Waals surface area contributed by atoms with Gasteiger partial charge in [-0.25, -0.2) is 9.97 Å². The van der Waals surface area contributed by atoms with E-state index in [0.717, 1.165) is 0 Å². The first-order valence-electron chi connectivity index (χ1n) is 9.17. The standard InChI is InChI=1S/C21H18BrN7O/c1-12(2)19-27-20(29(28-19)18-5-4-14(9-23)11-25-18)13(3)26-21(30)16-6-15(10-24)7-17(22)8-16/h4-8,11-13H,1-3H3,(H,26,30)/t13-/m0/s1. The normalized spacial score (nSPS) is 11.6. The van der Waals surface area contributed by atoms with E-state index in [2.05, 4.69) is 36.3 Å². The first-order valence-corrected chi connectivity index (χ1v) is 9.96. The van der Waals surface area contributed by atoms with E-state index in [4.69, 9.17) is 10.5 Å². The van der Waals surface area contributed by atoms with Gasteiger partial charge >= 0.3 is 0 Å². The maximum atomic E-state index is 12.8. The molecule has 0 bridgehead atoms. The molecule has 0 fully saturated rings. The van der Waals surface area contributed by atoms with E-state index in [1.165, 1.54) is 12.3 Å². The lowest BCUT2D eigenvalue weighted by Gasteiger charge is -2.14. The van der Waals surface area contributed by atoms with Crippen LogP contribution in [0.1, 0.15) is 65.9 Å². The smallest absolute Gasteiger partial charge is 0.251 e. The number of nitrogens with zero attached hydrogens (tertiary/aromatic N) is 6. The fourth-order valence-electron chi connectivity index (χ4n) is 2.74. The number of nitrogens with one attached hydrogen (secondary N) is 1. The maximum Gasteiger partial charge on any atom is 0.251 e. The summed E-state index contributed by atoms with van der Waals surface area (Å²) < 4.78 is 2.22. The molecule has 0 spiro atoms. The summed E-state index contributed by atoms with van der Waals surface area (Å²) in [7, 11) is 0. The van der Waals surface area contributed by atoms with Crippen LogP contribution in [0.4, 0.5) is 0 Å². The first-order chi connectivity index (χ1) is 14.3. The fraction of sp³-hybridized carbons (Fsp3) is 0.238. The van der Waals surface area contributed by atoms with Crippen LogP contribution in [0.3, 0.4) is 0 Å². The molecule has 0 radical (unpaired) electrons. The van der Waals surface area contributed by atoms with Crippen molar-refractivity contribution < 1.29 is 4.79 Å². The Kier molecular flexibility index (Phi) is 6.24. The van der Waals surface area contributed by atoms with Crippen molar-refractivity contribution in [2.75, 3.05) is 0 Å². The molecule has 1 N–H and O–H groups in total. The van der Waals surface area contributed by atoms with E-state index >= 15 is 0 Å². The summed E-state index contributed by atoms with van der Waals surface area (Å²) in [5, 5.41) is 25.6. The van der Waals surface area contributed by atoms with Gasteiger partial charge in [-0.2, -0.15) is 15.2 Å². The third-order valence-corrected chi connectivity index (χ3v) is 4.74. The van der Waals surface area contributed by atoms with Gasteiger partial charge in [0, 0.05) is 22.2 Å². The zero-order valence-electron chi connectivity index (χ0n) is 16.6. The Morgan fingerprint density at radius 2 is 1.87 bits per heavy atom. The summed E-state index contributed by atoms with van der Waals surface area (Å²) in [4.78, 5) is 21.7. The predicted octanol–water partition coefficient (Wildman–Crippen LogP) is 3.78. The molecule has 3 aromatic rings. The highest BCUT2D eigenvalue weighted by Crippen LogP contribution is 2.20. The highest BCUT2D eigenvalue weighted by Gasteiger charge is 2.22. The van der Waals surface area contributed by atoms with Crippen LogP contribution in [0.5, 0.6) is 0 Å². The Morgan fingerprint density at radius 3 is 2.47 bits per heavy atom. The molecule has 1 aromatic carbocycles. The number of hydrogen-bond acceptors (Lipinski definition) is 6. The molecule has 0 saturated heterocycles. The van der Waals surface area contributed by atoms with Crippen molar-refractivity contribution in [1.82, 2.24) is 25.1 Å². The van der Waals surface area contributed by atoms with Crippen molar-refractivity contribution in [2.45, 2.75) is 32.7 Å². The van der Waals surface area contributed by atoms with E-state index in [1.807, 2.05) is 26.0 Å². The van der Waals surface area contributed by atoms with Crippen LogP contribution in [0, 0.1) is 22.7 Å². The lowest BCUT2D eigenvalue weighted by molar-refractivity contribution is 0.0937. The van der Waals surface area contributed by atoms with E-state index in [9.17, 15) is 4.79 Å². The van der Waals surface area contributed by atoms with Crippen LogP contribution < -0.4 is 5.32 Å². The van der Waals surface area contributed by atoms with Gasteiger partial charge in [0.2, 0.25) is 0 Å². The summed E-state index contributed by atoms with van der Waals surface area (Å²) in [6, 6.07) is 11.7. The summed E-state index contributed by atoms with van der Waals surface area (Å²) >= 11 is 3.32. The van der Waals surface area contributed by atoms with Gasteiger partial charge in [0.15, 0.2) is 17.5 Å². The van der Waals surface area contributed by atoms with Crippen molar-refractivity contribution in [3.8, 4) is 18.0 Å². The molecule has 9 heteroatoms. The number of pyridine rings is 1. The molecular formula is C21H18BrN7O. The SMILES string of the molecule is CC(C)c1nc([C@H](C)NC(=O)c2cc(Br)cc(C#N)c2)n(-c2ccc(C#N)cn2)n1. The average Bonchev–Trinajstić information content (AvgIpc) is 3.19. The lowest BCUT2D eigenvalue weighted by Crippen LogP contribution is -2.29. The maximum absolute atomic E-state index is 12.8. The van der Waals surface area contributed by atoms with Crippen molar-refractivity contribution in [3.05, 3.63) is 69.3 Å². The van der Waals surface area contributed by atoms with Gasteiger partial charge in [0.25, 0.3) is 5.91 Å². The number of hydrogen-bond donors (Lipinski definition) is 1. The van der Waals surface area contributed by atoms with Crippen molar-refractivity contribution in [2.24, 2.45) is 0 Å². The van der Waals surface area contributed by atoms with Crippen LogP contribution in [0.15, 0.2) is 41.0 Å².